The van der Waals surface area contributed by atoms with Crippen molar-refractivity contribution in [3.8, 4) is 5.75 Å². The summed E-state index contributed by atoms with van der Waals surface area (Å²) in [5.74, 6) is 1.55. The van der Waals surface area contributed by atoms with Gasteiger partial charge in [0.1, 0.15) is 35.1 Å². The van der Waals surface area contributed by atoms with Crippen LogP contribution in [-0.4, -0.2) is 57.9 Å². The summed E-state index contributed by atoms with van der Waals surface area (Å²) in [6, 6.07) is 11.8. The maximum atomic E-state index is 13.4. The number of aryl methyl sites for hydroxylation is 1. The molecule has 0 amide bonds. The van der Waals surface area contributed by atoms with Gasteiger partial charge in [-0.15, -0.1) is 11.3 Å². The van der Waals surface area contributed by atoms with E-state index in [4.69, 9.17) is 16.3 Å². The number of aromatic nitrogens is 2. The van der Waals surface area contributed by atoms with Crippen LogP contribution in [0.4, 0.5) is 15.9 Å². The Labute approximate surface area is 236 Å². The van der Waals surface area contributed by atoms with E-state index in [-0.39, 0.29) is 25.6 Å². The number of ether oxygens (including phenoxy) is 1. The molecule has 5 rings (SSSR count). The number of hydrogen-bond acceptors (Lipinski definition) is 8. The summed E-state index contributed by atoms with van der Waals surface area (Å²) >= 11 is 8.25. The van der Waals surface area contributed by atoms with Crippen molar-refractivity contribution in [3.63, 3.8) is 0 Å². The number of hydrogen-bond donors (Lipinski definition) is 3. The van der Waals surface area contributed by atoms with E-state index in [1.165, 1.54) is 22.6 Å². The summed E-state index contributed by atoms with van der Waals surface area (Å²) in [5.41, 5.74) is 2.84. The molecule has 0 saturated carbocycles. The lowest BCUT2D eigenvalue weighted by Crippen LogP contribution is -2.32. The van der Waals surface area contributed by atoms with E-state index in [2.05, 4.69) is 20.2 Å². The minimum atomic E-state index is -0.299. The second-order valence-electron chi connectivity index (χ2n) is 9.78. The van der Waals surface area contributed by atoms with Gasteiger partial charge in [0.15, 0.2) is 0 Å². The highest BCUT2D eigenvalue weighted by Gasteiger charge is 2.25. The molecular weight excluding hydrogens is 539 g/mol. The fourth-order valence-electron chi connectivity index (χ4n) is 5.12. The largest absolute Gasteiger partial charge is 0.487 e. The summed E-state index contributed by atoms with van der Waals surface area (Å²) in [4.78, 5) is 13.6. The Morgan fingerprint density at radius 3 is 2.72 bits per heavy atom. The molecule has 4 aromatic rings. The lowest BCUT2D eigenvalue weighted by Gasteiger charge is -2.26. The van der Waals surface area contributed by atoms with Gasteiger partial charge < -0.3 is 20.3 Å². The topological polar surface area (TPSA) is 90.7 Å². The van der Waals surface area contributed by atoms with Crippen LogP contribution in [0.25, 0.3) is 10.2 Å². The van der Waals surface area contributed by atoms with Crippen molar-refractivity contribution >= 4 is 44.7 Å². The van der Waals surface area contributed by atoms with Gasteiger partial charge in [-0.2, -0.15) is 0 Å². The molecule has 0 radical (unpaired) electrons. The molecule has 0 aliphatic heterocycles. The number of aliphatic hydroxyl groups excluding tert-OH is 2. The molecule has 10 heteroatoms. The quantitative estimate of drug-likeness (QED) is 0.205. The number of fused-ring (bicyclic) bond motifs is 3. The highest BCUT2D eigenvalue weighted by molar-refractivity contribution is 7.19. The van der Waals surface area contributed by atoms with E-state index in [1.807, 2.05) is 6.07 Å². The third-order valence-corrected chi connectivity index (χ3v) is 8.57. The van der Waals surface area contributed by atoms with Crippen LogP contribution in [0, 0.1) is 11.7 Å². The Morgan fingerprint density at radius 2 is 1.95 bits per heavy atom. The van der Waals surface area contributed by atoms with Crippen LogP contribution in [0.15, 0.2) is 48.8 Å². The molecule has 1 atom stereocenters. The first kappa shape index (κ1) is 27.7. The number of anilines is 2. The zero-order valence-electron chi connectivity index (χ0n) is 21.6. The fourth-order valence-corrected chi connectivity index (χ4v) is 6.66. The van der Waals surface area contributed by atoms with Gasteiger partial charge in [0.05, 0.1) is 23.6 Å². The molecule has 2 aromatic heterocycles. The molecule has 2 heterocycles. The van der Waals surface area contributed by atoms with Gasteiger partial charge >= 0.3 is 0 Å². The number of nitrogens with one attached hydrogen (secondary N) is 1. The minimum absolute atomic E-state index is 0.107. The van der Waals surface area contributed by atoms with Crippen LogP contribution in [0.3, 0.4) is 0 Å². The molecule has 1 aliphatic carbocycles. The van der Waals surface area contributed by atoms with E-state index < -0.39 is 0 Å². The molecular formula is C29H32ClFN4O3S. The van der Waals surface area contributed by atoms with Crippen molar-refractivity contribution in [2.45, 2.75) is 32.3 Å². The van der Waals surface area contributed by atoms with Gasteiger partial charge in [0.2, 0.25) is 0 Å². The lowest BCUT2D eigenvalue weighted by atomic mass is 9.85. The number of aliphatic hydroxyl groups is 2. The van der Waals surface area contributed by atoms with Crippen molar-refractivity contribution < 1.29 is 19.3 Å². The maximum Gasteiger partial charge on any atom is 0.142 e. The van der Waals surface area contributed by atoms with E-state index in [0.717, 1.165) is 59.5 Å². The molecule has 0 saturated heterocycles. The lowest BCUT2D eigenvalue weighted by molar-refractivity contribution is 0.153. The predicted molar refractivity (Wildman–Crippen MR) is 154 cm³/mol. The minimum Gasteiger partial charge on any atom is -0.487 e. The standard InChI is InChI=1S/C29H32ClFN4O3S/c30-24-16-22(5-7-25(24)38-17-20-2-1-3-21(31)14-20)34-28-27-23-6-4-19(8-9-35(10-12-36)11-13-37)15-26(23)39-29(27)33-18-32-28/h1-3,5,7,14,16,18-19,36-37H,4,6,8-13,15,17H2,(H,32,33,34). The molecule has 206 valence electrons. The predicted octanol–water partition coefficient (Wildman–Crippen LogP) is 5.59. The van der Waals surface area contributed by atoms with Gasteiger partial charge in [-0.05, 0) is 79.6 Å². The van der Waals surface area contributed by atoms with E-state index in [1.54, 1.807) is 41.9 Å². The molecule has 0 spiro atoms. The molecule has 0 bridgehead atoms. The Kier molecular flexibility index (Phi) is 9.26. The zero-order chi connectivity index (χ0) is 27.2. The average Bonchev–Trinajstić information content (AvgIpc) is 3.30. The fraction of sp³-hybridized carbons (Fsp3) is 0.379. The summed E-state index contributed by atoms with van der Waals surface area (Å²) in [6.07, 6.45) is 5.68. The normalized spacial score (nSPS) is 15.1. The van der Waals surface area contributed by atoms with Crippen LogP contribution < -0.4 is 10.1 Å². The first-order valence-electron chi connectivity index (χ1n) is 13.2. The van der Waals surface area contributed by atoms with Crippen LogP contribution in [-0.2, 0) is 19.4 Å². The Balaban J connectivity index is 1.27. The molecule has 1 aliphatic rings. The molecule has 0 fully saturated rings. The van der Waals surface area contributed by atoms with Crippen LogP contribution in [0.2, 0.25) is 5.02 Å². The Hall–Kier alpha value is -2.82. The van der Waals surface area contributed by atoms with Gasteiger partial charge in [-0.3, -0.25) is 4.90 Å². The number of nitrogens with zero attached hydrogens (tertiary/aromatic N) is 3. The highest BCUT2D eigenvalue weighted by Crippen LogP contribution is 2.41. The third-order valence-electron chi connectivity index (χ3n) is 7.11. The van der Waals surface area contributed by atoms with Gasteiger partial charge in [-0.1, -0.05) is 23.7 Å². The van der Waals surface area contributed by atoms with Gasteiger partial charge in [-0.25, -0.2) is 14.4 Å². The second-order valence-corrected chi connectivity index (χ2v) is 11.3. The molecule has 3 N–H and O–H groups in total. The van der Waals surface area contributed by atoms with Crippen LogP contribution in [0.1, 0.15) is 28.8 Å². The van der Waals surface area contributed by atoms with Crippen LogP contribution >= 0.6 is 22.9 Å². The van der Waals surface area contributed by atoms with E-state index >= 15 is 0 Å². The molecule has 1 unspecified atom stereocenters. The van der Waals surface area contributed by atoms with Crippen LogP contribution in [0.5, 0.6) is 5.75 Å². The smallest absolute Gasteiger partial charge is 0.142 e. The van der Waals surface area contributed by atoms with Gasteiger partial charge in [0, 0.05) is 23.7 Å². The number of halogens is 2. The molecule has 7 nitrogen and oxygen atoms in total. The molecule has 39 heavy (non-hydrogen) atoms. The summed E-state index contributed by atoms with van der Waals surface area (Å²) < 4.78 is 19.3. The van der Waals surface area contributed by atoms with Crippen molar-refractivity contribution in [1.82, 2.24) is 14.9 Å². The van der Waals surface area contributed by atoms with Crippen molar-refractivity contribution in [2.24, 2.45) is 5.92 Å². The second kappa shape index (κ2) is 13.0. The van der Waals surface area contributed by atoms with E-state index in [9.17, 15) is 14.6 Å². The first-order chi connectivity index (χ1) is 19.0. The average molecular weight is 571 g/mol. The maximum absolute atomic E-state index is 13.4. The number of benzene rings is 2. The third kappa shape index (κ3) is 6.85. The number of thiophene rings is 1. The van der Waals surface area contributed by atoms with Crippen molar-refractivity contribution in [2.75, 3.05) is 38.2 Å². The highest BCUT2D eigenvalue weighted by atomic mass is 35.5. The zero-order valence-corrected chi connectivity index (χ0v) is 23.1. The number of rotatable bonds is 12. The summed E-state index contributed by atoms with van der Waals surface area (Å²) in [5, 5.41) is 23.5. The SMILES string of the molecule is OCCN(CCO)CCC1CCc2c(sc3ncnc(Nc4ccc(OCc5cccc(F)c5)c(Cl)c4)c23)C1. The van der Waals surface area contributed by atoms with Crippen molar-refractivity contribution in [3.05, 3.63) is 75.6 Å². The monoisotopic (exact) mass is 570 g/mol. The Morgan fingerprint density at radius 1 is 1.10 bits per heavy atom. The van der Waals surface area contributed by atoms with E-state index in [0.29, 0.717) is 29.8 Å². The molecule has 2 aromatic carbocycles. The Bertz CT molecular complexity index is 1410. The summed E-state index contributed by atoms with van der Waals surface area (Å²) in [6.45, 7) is 2.50. The summed E-state index contributed by atoms with van der Waals surface area (Å²) in [7, 11) is 0. The first-order valence-corrected chi connectivity index (χ1v) is 14.4. The van der Waals surface area contributed by atoms with Crippen molar-refractivity contribution in [1.29, 1.82) is 0 Å². The van der Waals surface area contributed by atoms with Gasteiger partial charge in [0.25, 0.3) is 0 Å².